The van der Waals surface area contributed by atoms with Crippen LogP contribution in [0.15, 0.2) is 18.2 Å². The molecular formula is C20H27FN2O7. The number of hydrogen-bond acceptors (Lipinski definition) is 6. The van der Waals surface area contributed by atoms with Crippen molar-refractivity contribution in [1.82, 2.24) is 5.32 Å². The van der Waals surface area contributed by atoms with Gasteiger partial charge < -0.3 is 20.3 Å². The van der Waals surface area contributed by atoms with Crippen LogP contribution in [0.2, 0.25) is 0 Å². The van der Waals surface area contributed by atoms with Gasteiger partial charge in [0.05, 0.1) is 28.9 Å². The van der Waals surface area contributed by atoms with Crippen molar-refractivity contribution in [2.75, 3.05) is 13.8 Å². The molecule has 166 valence electrons. The Bertz CT molecular complexity index is 862. The molecule has 0 radical (unpaired) electrons. The number of ether oxygens (including phenoxy) is 1. The first-order valence-electron chi connectivity index (χ1n) is 9.52. The molecule has 5 unspecified atom stereocenters. The van der Waals surface area contributed by atoms with Gasteiger partial charge in [-0.25, -0.2) is 4.39 Å². The fraction of sp³-hybridized carbons (Fsp3) is 0.600. The van der Waals surface area contributed by atoms with E-state index in [1.807, 2.05) is 0 Å². The van der Waals surface area contributed by atoms with Crippen LogP contribution >= 0.6 is 0 Å². The number of nitro benzene ring substituents is 1. The maximum absolute atomic E-state index is 14.0. The maximum Gasteiger partial charge on any atom is 0.312 e. The highest BCUT2D eigenvalue weighted by Gasteiger charge is 2.67. The van der Waals surface area contributed by atoms with Gasteiger partial charge in [-0.05, 0) is 19.8 Å². The molecule has 0 bridgehead atoms. The van der Waals surface area contributed by atoms with Gasteiger partial charge in [-0.2, -0.15) is 0 Å². The van der Waals surface area contributed by atoms with E-state index in [4.69, 9.17) is 4.74 Å². The van der Waals surface area contributed by atoms with Crippen LogP contribution in [0.4, 0.5) is 10.1 Å². The minimum Gasteiger partial charge on any atom is -0.490 e. The highest BCUT2D eigenvalue weighted by atomic mass is 19.1. The Morgan fingerprint density at radius 3 is 2.33 bits per heavy atom. The number of piperidine rings is 1. The van der Waals surface area contributed by atoms with Crippen molar-refractivity contribution in [2.24, 2.45) is 16.7 Å². The summed E-state index contributed by atoms with van der Waals surface area (Å²) in [5.74, 6) is -4.84. The number of carbonyl (C=O) groups is 2. The van der Waals surface area contributed by atoms with E-state index in [1.165, 1.54) is 32.2 Å². The summed E-state index contributed by atoms with van der Waals surface area (Å²) in [7, 11) is 1.19. The Hall–Kier alpha value is -2.75. The minimum absolute atomic E-state index is 0.0551. The molecule has 1 aromatic carbocycles. The molecule has 0 spiro atoms. The smallest absolute Gasteiger partial charge is 0.312 e. The molecule has 30 heavy (non-hydrogen) atoms. The number of carboxylic acids is 2. The van der Waals surface area contributed by atoms with E-state index in [9.17, 15) is 34.3 Å². The van der Waals surface area contributed by atoms with Crippen LogP contribution in [0.25, 0.3) is 0 Å². The molecule has 1 heterocycles. The Morgan fingerprint density at radius 1 is 1.33 bits per heavy atom. The van der Waals surface area contributed by atoms with Crippen molar-refractivity contribution in [1.29, 1.82) is 0 Å². The average molecular weight is 426 g/mol. The zero-order chi connectivity index (χ0) is 23.0. The number of methoxy groups -OCH3 is 1. The molecule has 9 nitrogen and oxygen atoms in total. The Kier molecular flexibility index (Phi) is 6.41. The Balaban J connectivity index is 3.05. The second kappa shape index (κ2) is 8.17. The fourth-order valence-corrected chi connectivity index (χ4v) is 5.14. The van der Waals surface area contributed by atoms with E-state index < -0.39 is 64.0 Å². The molecule has 1 fully saturated rings. The summed E-state index contributed by atoms with van der Waals surface area (Å²) in [5.41, 5.74) is -4.03. The van der Waals surface area contributed by atoms with Gasteiger partial charge >= 0.3 is 17.6 Å². The number of carboxylic acid groups (broad SMARTS) is 2. The first-order chi connectivity index (χ1) is 13.9. The quantitative estimate of drug-likeness (QED) is 0.447. The van der Waals surface area contributed by atoms with Crippen molar-refractivity contribution in [2.45, 2.75) is 45.7 Å². The number of nitrogens with one attached hydrogen (secondary N) is 1. The van der Waals surface area contributed by atoms with Crippen molar-refractivity contribution in [3.05, 3.63) is 33.9 Å². The SMILES string of the molecule is COc1c(C2C(C)(C(=O)O)C(CF)NC(C)C2(C(=O)O)C(C)C)cccc1[N+](=O)[O-]. The first kappa shape index (κ1) is 23.5. The van der Waals surface area contributed by atoms with Gasteiger partial charge in [0.1, 0.15) is 6.67 Å². The lowest BCUT2D eigenvalue weighted by Gasteiger charge is -2.57. The van der Waals surface area contributed by atoms with E-state index in [0.717, 1.165) is 0 Å². The molecule has 1 aromatic rings. The van der Waals surface area contributed by atoms with Gasteiger partial charge in [0, 0.05) is 23.6 Å². The fourth-order valence-electron chi connectivity index (χ4n) is 5.14. The number of hydrogen-bond donors (Lipinski definition) is 3. The van der Waals surface area contributed by atoms with Crippen LogP contribution in [0, 0.1) is 26.9 Å². The summed E-state index contributed by atoms with van der Waals surface area (Å²) >= 11 is 0. The van der Waals surface area contributed by atoms with Gasteiger partial charge in [-0.1, -0.05) is 26.0 Å². The molecule has 2 rings (SSSR count). The second-order valence-electron chi connectivity index (χ2n) is 8.17. The summed E-state index contributed by atoms with van der Waals surface area (Å²) in [6.07, 6.45) is 0. The van der Waals surface area contributed by atoms with Crippen molar-refractivity contribution >= 4 is 17.6 Å². The van der Waals surface area contributed by atoms with E-state index >= 15 is 0 Å². The summed E-state index contributed by atoms with van der Waals surface area (Å²) in [6.45, 7) is 5.06. The number of alkyl halides is 1. The molecule has 0 aliphatic carbocycles. The summed E-state index contributed by atoms with van der Waals surface area (Å²) in [4.78, 5) is 36.1. The highest BCUT2D eigenvalue weighted by molar-refractivity contribution is 5.84. The lowest BCUT2D eigenvalue weighted by molar-refractivity contribution is -0.385. The monoisotopic (exact) mass is 426 g/mol. The Labute approximate surface area is 173 Å². The second-order valence-corrected chi connectivity index (χ2v) is 8.17. The lowest BCUT2D eigenvalue weighted by atomic mass is 9.49. The third-order valence-electron chi connectivity index (χ3n) is 6.65. The zero-order valence-corrected chi connectivity index (χ0v) is 17.5. The van der Waals surface area contributed by atoms with Crippen molar-refractivity contribution < 1.29 is 33.9 Å². The summed E-state index contributed by atoms with van der Waals surface area (Å²) in [6, 6.07) is 1.91. The van der Waals surface area contributed by atoms with Crippen LogP contribution in [-0.4, -0.2) is 52.9 Å². The predicted octanol–water partition coefficient (Wildman–Crippen LogP) is 2.83. The maximum atomic E-state index is 14.0. The average Bonchev–Trinajstić information content (AvgIpc) is 2.67. The van der Waals surface area contributed by atoms with Gasteiger partial charge in [0.25, 0.3) is 0 Å². The van der Waals surface area contributed by atoms with Crippen LogP contribution in [0.5, 0.6) is 5.75 Å². The summed E-state index contributed by atoms with van der Waals surface area (Å²) < 4.78 is 19.3. The number of halogens is 1. The van der Waals surface area contributed by atoms with Crippen molar-refractivity contribution in [3.63, 3.8) is 0 Å². The molecule has 5 atom stereocenters. The van der Waals surface area contributed by atoms with Gasteiger partial charge in [0.2, 0.25) is 0 Å². The lowest BCUT2D eigenvalue weighted by Crippen LogP contribution is -2.71. The molecule has 0 aromatic heterocycles. The van der Waals surface area contributed by atoms with E-state index in [2.05, 4.69) is 5.32 Å². The topological polar surface area (TPSA) is 139 Å². The van der Waals surface area contributed by atoms with E-state index in [0.29, 0.717) is 0 Å². The van der Waals surface area contributed by atoms with E-state index in [1.54, 1.807) is 20.8 Å². The van der Waals surface area contributed by atoms with Crippen molar-refractivity contribution in [3.8, 4) is 5.75 Å². The van der Waals surface area contributed by atoms with Gasteiger partial charge in [-0.15, -0.1) is 0 Å². The minimum atomic E-state index is -1.94. The molecule has 1 saturated heterocycles. The molecule has 1 aliphatic rings. The molecule has 10 heteroatoms. The molecule has 3 N–H and O–H groups in total. The predicted molar refractivity (Wildman–Crippen MR) is 105 cm³/mol. The molecule has 1 aliphatic heterocycles. The summed E-state index contributed by atoms with van der Waals surface area (Å²) in [5, 5.41) is 35.0. The number of rotatable bonds is 7. The highest BCUT2D eigenvalue weighted by Crippen LogP contribution is 2.60. The number of nitro groups is 1. The van der Waals surface area contributed by atoms with Crippen LogP contribution in [-0.2, 0) is 9.59 Å². The normalized spacial score (nSPS) is 31.4. The molecule has 0 saturated carbocycles. The number of para-hydroxylation sites is 1. The number of benzene rings is 1. The van der Waals surface area contributed by atoms with Crippen LogP contribution < -0.4 is 10.1 Å². The van der Waals surface area contributed by atoms with Gasteiger partial charge in [0.15, 0.2) is 5.75 Å². The standard InChI is InChI=1S/C20H27FN2O7/c1-10(2)20(18(26)27)11(3)22-14(9-21)19(4,17(24)25)16(20)12-7-6-8-13(23(28)29)15(12)30-5/h6-8,10-11,14,16,22H,9H2,1-5H3,(H,24,25)(H,26,27). The molecule has 0 amide bonds. The first-order valence-corrected chi connectivity index (χ1v) is 9.52. The van der Waals surface area contributed by atoms with Crippen LogP contribution in [0.3, 0.4) is 0 Å². The van der Waals surface area contributed by atoms with E-state index in [-0.39, 0.29) is 11.3 Å². The number of aliphatic carboxylic acids is 2. The third-order valence-corrected chi connectivity index (χ3v) is 6.65. The largest absolute Gasteiger partial charge is 0.490 e. The molecular weight excluding hydrogens is 399 g/mol. The van der Waals surface area contributed by atoms with Gasteiger partial charge in [-0.3, -0.25) is 19.7 Å². The zero-order valence-electron chi connectivity index (χ0n) is 17.5. The Morgan fingerprint density at radius 2 is 1.93 bits per heavy atom. The third kappa shape index (κ3) is 3.10. The van der Waals surface area contributed by atoms with Crippen LogP contribution in [0.1, 0.15) is 39.2 Å². The number of nitrogens with zero attached hydrogens (tertiary/aromatic N) is 1.